The van der Waals surface area contributed by atoms with Crippen molar-refractivity contribution in [2.75, 3.05) is 18.5 Å². The van der Waals surface area contributed by atoms with Gasteiger partial charge >= 0.3 is 5.69 Å². The molecule has 19 heavy (non-hydrogen) atoms. The summed E-state index contributed by atoms with van der Waals surface area (Å²) in [6, 6.07) is 0. The molecule has 0 saturated carbocycles. The van der Waals surface area contributed by atoms with E-state index in [4.69, 9.17) is 4.74 Å². The lowest BCUT2D eigenvalue weighted by molar-refractivity contribution is 0.0900. The van der Waals surface area contributed by atoms with Crippen molar-refractivity contribution in [3.8, 4) is 0 Å². The summed E-state index contributed by atoms with van der Waals surface area (Å²) >= 11 is 0. The van der Waals surface area contributed by atoms with Crippen LogP contribution in [-0.2, 0) is 18.8 Å². The van der Waals surface area contributed by atoms with Crippen LogP contribution in [-0.4, -0.2) is 33.6 Å². The average molecular weight is 268 g/mol. The minimum Gasteiger partial charge on any atom is -0.378 e. The Labute approximate surface area is 111 Å². The lowest BCUT2D eigenvalue weighted by atomic mass is 10.00. The van der Waals surface area contributed by atoms with Crippen LogP contribution in [0.15, 0.2) is 9.59 Å². The molecule has 0 spiro atoms. The molecule has 1 aliphatic heterocycles. The lowest BCUT2D eigenvalue weighted by Crippen LogP contribution is -2.40. The third-order valence-electron chi connectivity index (χ3n) is 3.60. The number of hydrogen-bond donors (Lipinski definition) is 1. The summed E-state index contributed by atoms with van der Waals surface area (Å²) in [5.74, 6) is 0.597. The third kappa shape index (κ3) is 2.70. The zero-order chi connectivity index (χ0) is 14.0. The topological polar surface area (TPSA) is 78.2 Å². The summed E-state index contributed by atoms with van der Waals surface area (Å²) in [5.41, 5.74) is -0.818. The summed E-state index contributed by atoms with van der Waals surface area (Å²) in [5, 5.41) is 7.01. The predicted octanol–water partition coefficient (Wildman–Crippen LogP) is -0.294. The van der Waals surface area contributed by atoms with Gasteiger partial charge in [0.05, 0.1) is 6.10 Å². The monoisotopic (exact) mass is 268 g/mol. The van der Waals surface area contributed by atoms with E-state index in [9.17, 15) is 9.59 Å². The van der Waals surface area contributed by atoms with Crippen LogP contribution in [0.3, 0.4) is 0 Å². The first kappa shape index (κ1) is 13.8. The number of nitrogens with one attached hydrogen (secondary N) is 1. The number of ether oxygens (including phenoxy) is 1. The second kappa shape index (κ2) is 5.56. The maximum atomic E-state index is 11.9. The first-order chi connectivity index (χ1) is 9.04. The normalized spacial score (nSPS) is 22.7. The predicted molar refractivity (Wildman–Crippen MR) is 71.3 cm³/mol. The lowest BCUT2D eigenvalue weighted by Gasteiger charge is -2.17. The van der Waals surface area contributed by atoms with Gasteiger partial charge in [-0.15, -0.1) is 5.10 Å². The van der Waals surface area contributed by atoms with Crippen LogP contribution in [0.1, 0.15) is 19.8 Å². The average Bonchev–Trinajstić information content (AvgIpc) is 2.86. The maximum absolute atomic E-state index is 11.9. The van der Waals surface area contributed by atoms with Gasteiger partial charge in [-0.3, -0.25) is 9.36 Å². The standard InChI is InChI=1S/C12H20N4O3/c1-4-9-8(5-6-19-9)7-13-10-11(17)15(2)12(18)16(3)14-10/h8-9H,4-7H2,1-3H3,(H,13,14). The Hall–Kier alpha value is -1.63. The van der Waals surface area contributed by atoms with Gasteiger partial charge in [0, 0.05) is 33.2 Å². The van der Waals surface area contributed by atoms with Gasteiger partial charge in [0.15, 0.2) is 0 Å². The molecule has 1 aromatic heterocycles. The van der Waals surface area contributed by atoms with Crippen LogP contribution in [0.5, 0.6) is 0 Å². The third-order valence-corrected chi connectivity index (χ3v) is 3.60. The number of hydrogen-bond acceptors (Lipinski definition) is 5. The Morgan fingerprint density at radius 2 is 2.16 bits per heavy atom. The van der Waals surface area contributed by atoms with E-state index in [2.05, 4.69) is 17.3 Å². The summed E-state index contributed by atoms with van der Waals surface area (Å²) in [6.45, 7) is 3.50. The van der Waals surface area contributed by atoms with Crippen LogP contribution in [0.4, 0.5) is 5.82 Å². The molecule has 106 valence electrons. The molecule has 2 unspecified atom stereocenters. The molecule has 0 amide bonds. The number of rotatable bonds is 4. The first-order valence-corrected chi connectivity index (χ1v) is 6.54. The Morgan fingerprint density at radius 1 is 1.42 bits per heavy atom. The van der Waals surface area contributed by atoms with Crippen molar-refractivity contribution in [3.05, 3.63) is 20.8 Å². The summed E-state index contributed by atoms with van der Waals surface area (Å²) < 4.78 is 7.81. The SMILES string of the molecule is CCC1OCCC1CNc1nn(C)c(=O)n(C)c1=O. The van der Waals surface area contributed by atoms with Crippen LogP contribution < -0.4 is 16.6 Å². The number of anilines is 1. The summed E-state index contributed by atoms with van der Waals surface area (Å²) in [4.78, 5) is 23.4. The largest absolute Gasteiger partial charge is 0.378 e. The molecule has 7 nitrogen and oxygen atoms in total. The van der Waals surface area contributed by atoms with Gasteiger partial charge in [0.1, 0.15) is 0 Å². The molecule has 2 rings (SSSR count). The van der Waals surface area contributed by atoms with E-state index in [0.29, 0.717) is 12.5 Å². The molecule has 1 saturated heterocycles. The fourth-order valence-electron chi connectivity index (χ4n) is 2.41. The molecule has 0 bridgehead atoms. The fourth-order valence-corrected chi connectivity index (χ4v) is 2.41. The van der Waals surface area contributed by atoms with Gasteiger partial charge in [-0.2, -0.15) is 0 Å². The van der Waals surface area contributed by atoms with Crippen LogP contribution in [0, 0.1) is 5.92 Å². The first-order valence-electron chi connectivity index (χ1n) is 6.54. The number of nitrogens with zero attached hydrogens (tertiary/aromatic N) is 3. The van der Waals surface area contributed by atoms with Gasteiger partial charge in [0.25, 0.3) is 5.56 Å². The highest BCUT2D eigenvalue weighted by Gasteiger charge is 2.26. The van der Waals surface area contributed by atoms with E-state index in [1.165, 1.54) is 14.1 Å². The Balaban J connectivity index is 2.12. The smallest absolute Gasteiger partial charge is 0.346 e. The minimum atomic E-state index is -0.425. The van der Waals surface area contributed by atoms with E-state index < -0.39 is 11.2 Å². The number of aryl methyl sites for hydroxylation is 1. The van der Waals surface area contributed by atoms with Crippen LogP contribution >= 0.6 is 0 Å². The Morgan fingerprint density at radius 3 is 2.84 bits per heavy atom. The second-order valence-corrected chi connectivity index (χ2v) is 4.87. The van der Waals surface area contributed by atoms with Gasteiger partial charge in [-0.05, 0) is 12.8 Å². The molecule has 0 aromatic carbocycles. The quantitative estimate of drug-likeness (QED) is 0.811. The maximum Gasteiger partial charge on any atom is 0.346 e. The molecule has 1 aliphatic rings. The molecule has 0 aliphatic carbocycles. The molecular formula is C12H20N4O3. The molecule has 0 radical (unpaired) electrons. The van der Waals surface area contributed by atoms with Gasteiger partial charge in [-0.25, -0.2) is 9.48 Å². The van der Waals surface area contributed by atoms with Gasteiger partial charge < -0.3 is 10.1 Å². The van der Waals surface area contributed by atoms with Crippen molar-refractivity contribution < 1.29 is 4.74 Å². The Kier molecular flexibility index (Phi) is 4.04. The van der Waals surface area contributed by atoms with E-state index in [-0.39, 0.29) is 11.9 Å². The summed E-state index contributed by atoms with van der Waals surface area (Å²) in [7, 11) is 2.98. The van der Waals surface area contributed by atoms with Crippen molar-refractivity contribution in [2.24, 2.45) is 20.0 Å². The van der Waals surface area contributed by atoms with Crippen molar-refractivity contribution in [2.45, 2.75) is 25.9 Å². The minimum absolute atomic E-state index is 0.214. The highest BCUT2D eigenvalue weighted by atomic mass is 16.5. The zero-order valence-electron chi connectivity index (χ0n) is 11.5. The van der Waals surface area contributed by atoms with E-state index in [1.807, 2.05) is 0 Å². The van der Waals surface area contributed by atoms with Crippen LogP contribution in [0.25, 0.3) is 0 Å². The molecule has 1 aromatic rings. The van der Waals surface area contributed by atoms with Crippen molar-refractivity contribution in [3.63, 3.8) is 0 Å². The highest BCUT2D eigenvalue weighted by Crippen LogP contribution is 2.23. The molecule has 1 fully saturated rings. The Bertz CT molecular complexity index is 563. The van der Waals surface area contributed by atoms with Gasteiger partial charge in [-0.1, -0.05) is 6.92 Å². The molecule has 7 heteroatoms. The zero-order valence-corrected chi connectivity index (χ0v) is 11.5. The highest BCUT2D eigenvalue weighted by molar-refractivity contribution is 5.29. The van der Waals surface area contributed by atoms with Crippen molar-refractivity contribution in [1.29, 1.82) is 0 Å². The van der Waals surface area contributed by atoms with Crippen molar-refractivity contribution in [1.82, 2.24) is 14.3 Å². The van der Waals surface area contributed by atoms with E-state index in [0.717, 1.165) is 28.7 Å². The summed E-state index contributed by atoms with van der Waals surface area (Å²) in [6.07, 6.45) is 2.19. The molecule has 1 N–H and O–H groups in total. The molecular weight excluding hydrogens is 248 g/mol. The van der Waals surface area contributed by atoms with Crippen LogP contribution in [0.2, 0.25) is 0 Å². The number of aromatic nitrogens is 3. The van der Waals surface area contributed by atoms with E-state index >= 15 is 0 Å². The molecule has 2 heterocycles. The van der Waals surface area contributed by atoms with E-state index in [1.54, 1.807) is 0 Å². The van der Waals surface area contributed by atoms with Crippen molar-refractivity contribution >= 4 is 5.82 Å². The van der Waals surface area contributed by atoms with Gasteiger partial charge in [0.2, 0.25) is 5.82 Å². The molecule has 2 atom stereocenters. The fraction of sp³-hybridized carbons (Fsp3) is 0.750. The second-order valence-electron chi connectivity index (χ2n) is 4.87.